The number of nitrogens with zero attached hydrogens (tertiary/aromatic N) is 2. The quantitative estimate of drug-likeness (QED) is 0.573. The van der Waals surface area contributed by atoms with Crippen LogP contribution in [0.5, 0.6) is 0 Å². The molecule has 1 fully saturated rings. The van der Waals surface area contributed by atoms with Crippen LogP contribution in [0.25, 0.3) is 0 Å². The minimum atomic E-state index is -0.198. The van der Waals surface area contributed by atoms with Crippen LogP contribution >= 0.6 is 15.9 Å². The van der Waals surface area contributed by atoms with E-state index in [1.54, 1.807) is 19.2 Å². The molecule has 2 N–H and O–H groups in total. The highest BCUT2D eigenvalue weighted by Gasteiger charge is 2.22. The smallest absolute Gasteiger partial charge is 0.191 e. The number of hydrogen-bond donors (Lipinski definition) is 2. The van der Waals surface area contributed by atoms with E-state index >= 15 is 0 Å². The first-order chi connectivity index (χ1) is 12.7. The maximum absolute atomic E-state index is 13.7. The molecule has 1 atom stereocenters. The second-order valence-electron chi connectivity index (χ2n) is 6.48. The van der Waals surface area contributed by atoms with Crippen LogP contribution in [0.2, 0.25) is 0 Å². The lowest BCUT2D eigenvalue weighted by Crippen LogP contribution is -2.40. The van der Waals surface area contributed by atoms with E-state index in [2.05, 4.69) is 54.7 Å². The highest BCUT2D eigenvalue weighted by atomic mass is 79.9. The van der Waals surface area contributed by atoms with E-state index in [0.29, 0.717) is 24.0 Å². The van der Waals surface area contributed by atoms with E-state index in [4.69, 9.17) is 0 Å². The van der Waals surface area contributed by atoms with Gasteiger partial charge in [-0.15, -0.1) is 0 Å². The number of hydrogen-bond acceptors (Lipinski definition) is 2. The topological polar surface area (TPSA) is 39.7 Å². The molecular weight excluding hydrogens is 395 g/mol. The molecule has 138 valence electrons. The Bertz CT molecular complexity index is 765. The number of rotatable bonds is 5. The fourth-order valence-electron chi connectivity index (χ4n) is 3.19. The van der Waals surface area contributed by atoms with Crippen molar-refractivity contribution in [2.24, 2.45) is 10.9 Å². The molecule has 0 amide bonds. The van der Waals surface area contributed by atoms with Gasteiger partial charge in [0.25, 0.3) is 0 Å². The van der Waals surface area contributed by atoms with E-state index in [0.717, 1.165) is 30.5 Å². The minimum Gasteiger partial charge on any atom is -0.371 e. The Labute approximate surface area is 162 Å². The van der Waals surface area contributed by atoms with Gasteiger partial charge in [-0.25, -0.2) is 4.39 Å². The van der Waals surface area contributed by atoms with Crippen LogP contribution < -0.4 is 15.5 Å². The molecule has 2 aromatic carbocycles. The van der Waals surface area contributed by atoms with Crippen LogP contribution in [0, 0.1) is 11.7 Å². The Morgan fingerprint density at radius 2 is 2.08 bits per heavy atom. The molecular formula is C20H24BrFN4. The van der Waals surface area contributed by atoms with Gasteiger partial charge in [-0.3, -0.25) is 4.99 Å². The molecule has 0 radical (unpaired) electrons. The predicted molar refractivity (Wildman–Crippen MR) is 109 cm³/mol. The molecule has 1 aliphatic heterocycles. The molecule has 0 bridgehead atoms. The summed E-state index contributed by atoms with van der Waals surface area (Å²) in [7, 11) is 1.74. The number of guanidine groups is 1. The fraction of sp³-hybridized carbons (Fsp3) is 0.350. The molecule has 4 nitrogen and oxygen atoms in total. The first-order valence-electron chi connectivity index (χ1n) is 8.84. The summed E-state index contributed by atoms with van der Waals surface area (Å²) < 4.78 is 14.8. The van der Waals surface area contributed by atoms with Crippen molar-refractivity contribution in [2.45, 2.75) is 13.0 Å². The van der Waals surface area contributed by atoms with E-state index in [1.165, 1.54) is 11.8 Å². The number of halogens is 2. The van der Waals surface area contributed by atoms with Crippen molar-refractivity contribution in [2.75, 3.05) is 31.6 Å². The van der Waals surface area contributed by atoms with E-state index in [-0.39, 0.29) is 5.82 Å². The maximum atomic E-state index is 13.7. The van der Waals surface area contributed by atoms with E-state index in [9.17, 15) is 4.39 Å². The lowest BCUT2D eigenvalue weighted by atomic mass is 10.1. The van der Waals surface area contributed by atoms with Gasteiger partial charge >= 0.3 is 0 Å². The molecule has 0 aliphatic carbocycles. The van der Waals surface area contributed by atoms with Gasteiger partial charge in [0.1, 0.15) is 5.82 Å². The van der Waals surface area contributed by atoms with Gasteiger partial charge in [-0.1, -0.05) is 40.2 Å². The Morgan fingerprint density at radius 3 is 2.85 bits per heavy atom. The monoisotopic (exact) mass is 418 g/mol. The average molecular weight is 419 g/mol. The molecule has 0 saturated carbocycles. The molecule has 1 aliphatic rings. The Kier molecular flexibility index (Phi) is 6.50. The molecule has 0 aromatic heterocycles. The largest absolute Gasteiger partial charge is 0.371 e. The summed E-state index contributed by atoms with van der Waals surface area (Å²) in [4.78, 5) is 6.64. The van der Waals surface area contributed by atoms with Crippen molar-refractivity contribution in [3.05, 3.63) is 64.4 Å². The molecule has 1 unspecified atom stereocenters. The summed E-state index contributed by atoms with van der Waals surface area (Å²) in [6, 6.07) is 15.2. The summed E-state index contributed by atoms with van der Waals surface area (Å²) in [5.41, 5.74) is 1.89. The van der Waals surface area contributed by atoms with Gasteiger partial charge in [0.2, 0.25) is 0 Å². The van der Waals surface area contributed by atoms with E-state index < -0.39 is 0 Å². The van der Waals surface area contributed by atoms with E-state index in [1.807, 2.05) is 12.1 Å². The van der Waals surface area contributed by atoms with Gasteiger partial charge < -0.3 is 15.5 Å². The average Bonchev–Trinajstić information content (AvgIpc) is 3.12. The maximum Gasteiger partial charge on any atom is 0.191 e. The van der Waals surface area contributed by atoms with Crippen molar-refractivity contribution in [3.8, 4) is 0 Å². The van der Waals surface area contributed by atoms with Crippen LogP contribution in [0.3, 0.4) is 0 Å². The third-order valence-electron chi connectivity index (χ3n) is 4.65. The van der Waals surface area contributed by atoms with Gasteiger partial charge in [0.15, 0.2) is 5.96 Å². The molecule has 3 rings (SSSR count). The van der Waals surface area contributed by atoms with Crippen molar-refractivity contribution in [3.63, 3.8) is 0 Å². The summed E-state index contributed by atoms with van der Waals surface area (Å²) in [5.74, 6) is 1.06. The van der Waals surface area contributed by atoms with Crippen LogP contribution in [0.1, 0.15) is 12.0 Å². The Morgan fingerprint density at radius 1 is 1.23 bits per heavy atom. The SMILES string of the molecule is CN=C(NCc1ccccc1F)NCC1CCN(c2cccc(Br)c2)C1. The van der Waals surface area contributed by atoms with Crippen LogP contribution in [-0.4, -0.2) is 32.6 Å². The first-order valence-corrected chi connectivity index (χ1v) is 9.63. The zero-order valence-corrected chi connectivity index (χ0v) is 16.5. The number of nitrogens with one attached hydrogen (secondary N) is 2. The van der Waals surface area contributed by atoms with Gasteiger partial charge in [0.05, 0.1) is 0 Å². The predicted octanol–water partition coefficient (Wildman–Crippen LogP) is 3.78. The Balaban J connectivity index is 1.46. The molecule has 1 heterocycles. The van der Waals surface area contributed by atoms with Crippen molar-refractivity contribution < 1.29 is 4.39 Å². The van der Waals surface area contributed by atoms with Gasteiger partial charge in [-0.05, 0) is 36.6 Å². The molecule has 1 saturated heterocycles. The van der Waals surface area contributed by atoms with Crippen molar-refractivity contribution in [1.82, 2.24) is 10.6 Å². The fourth-order valence-corrected chi connectivity index (χ4v) is 3.58. The number of anilines is 1. The lowest BCUT2D eigenvalue weighted by Gasteiger charge is -2.20. The second-order valence-corrected chi connectivity index (χ2v) is 7.39. The number of benzene rings is 2. The van der Waals surface area contributed by atoms with Crippen molar-refractivity contribution in [1.29, 1.82) is 0 Å². The normalized spacial score (nSPS) is 17.4. The summed E-state index contributed by atoms with van der Waals surface area (Å²) >= 11 is 3.54. The number of aliphatic imine (C=N–C) groups is 1. The van der Waals surface area contributed by atoms with Gasteiger partial charge in [-0.2, -0.15) is 0 Å². The van der Waals surface area contributed by atoms with Crippen molar-refractivity contribution >= 4 is 27.6 Å². The molecule has 0 spiro atoms. The molecule has 6 heteroatoms. The third-order valence-corrected chi connectivity index (χ3v) is 5.14. The van der Waals surface area contributed by atoms with Crippen LogP contribution in [-0.2, 0) is 6.54 Å². The lowest BCUT2D eigenvalue weighted by molar-refractivity contribution is 0.563. The summed E-state index contributed by atoms with van der Waals surface area (Å²) in [6.45, 7) is 3.35. The minimum absolute atomic E-state index is 0.198. The summed E-state index contributed by atoms with van der Waals surface area (Å²) in [5, 5.41) is 6.54. The molecule has 26 heavy (non-hydrogen) atoms. The van der Waals surface area contributed by atoms with Crippen LogP contribution in [0.15, 0.2) is 58.0 Å². The zero-order valence-electron chi connectivity index (χ0n) is 14.9. The summed E-state index contributed by atoms with van der Waals surface area (Å²) in [6.07, 6.45) is 1.14. The van der Waals surface area contributed by atoms with Gasteiger partial charge in [0, 0.05) is 49.0 Å². The molecule has 2 aromatic rings. The zero-order chi connectivity index (χ0) is 18.4. The standard InChI is InChI=1S/C20H24BrFN4/c1-23-20(25-13-16-5-2-3-8-19(16)22)24-12-15-9-10-26(14-15)18-7-4-6-17(21)11-18/h2-8,11,15H,9-10,12-14H2,1H3,(H2,23,24,25). The highest BCUT2D eigenvalue weighted by Crippen LogP contribution is 2.25. The second kappa shape index (κ2) is 9.03. The third kappa shape index (κ3) is 4.97. The highest BCUT2D eigenvalue weighted by molar-refractivity contribution is 9.10. The Hall–Kier alpha value is -2.08. The van der Waals surface area contributed by atoms with Crippen LogP contribution in [0.4, 0.5) is 10.1 Å². The first kappa shape index (κ1) is 18.7.